The van der Waals surface area contributed by atoms with E-state index in [2.05, 4.69) is 44.6 Å². The molecule has 7 nitrogen and oxygen atoms in total. The second kappa shape index (κ2) is 13.0. The summed E-state index contributed by atoms with van der Waals surface area (Å²) in [6.45, 7) is 12.2. The van der Waals surface area contributed by atoms with Gasteiger partial charge in [-0.3, -0.25) is 14.7 Å². The van der Waals surface area contributed by atoms with E-state index in [4.69, 9.17) is 0 Å². The highest BCUT2D eigenvalue weighted by molar-refractivity contribution is 5.80. The maximum atomic E-state index is 11.9. The first-order chi connectivity index (χ1) is 13.6. The molecule has 0 radical (unpaired) electrons. The van der Waals surface area contributed by atoms with Crippen LogP contribution in [0, 0.1) is 5.92 Å². The highest BCUT2D eigenvalue weighted by Gasteiger charge is 2.22. The molecule has 2 heterocycles. The molecule has 3 N–H and O–H groups in total. The van der Waals surface area contributed by atoms with E-state index in [9.17, 15) is 4.79 Å². The summed E-state index contributed by atoms with van der Waals surface area (Å²) in [7, 11) is 1.85. The highest BCUT2D eigenvalue weighted by Crippen LogP contribution is 2.19. The number of guanidine groups is 1. The molecule has 7 heteroatoms. The average Bonchev–Trinajstić information content (AvgIpc) is 2.73. The lowest BCUT2D eigenvalue weighted by Gasteiger charge is -2.33. The van der Waals surface area contributed by atoms with Crippen LogP contribution < -0.4 is 16.0 Å². The van der Waals surface area contributed by atoms with Gasteiger partial charge in [-0.05, 0) is 64.1 Å². The summed E-state index contributed by atoms with van der Waals surface area (Å²) in [5, 5.41) is 10.0. The van der Waals surface area contributed by atoms with Crippen molar-refractivity contribution < 1.29 is 4.79 Å². The van der Waals surface area contributed by atoms with Gasteiger partial charge in [0.05, 0.1) is 6.54 Å². The Morgan fingerprint density at radius 1 is 0.964 bits per heavy atom. The Bertz CT molecular complexity index is 468. The molecule has 0 aromatic rings. The van der Waals surface area contributed by atoms with Crippen molar-refractivity contribution in [2.24, 2.45) is 10.9 Å². The number of likely N-dealkylation sites (tertiary alicyclic amines) is 2. The van der Waals surface area contributed by atoms with E-state index in [1.165, 1.54) is 38.9 Å². The van der Waals surface area contributed by atoms with Crippen molar-refractivity contribution in [2.75, 3.05) is 59.4 Å². The largest absolute Gasteiger partial charge is 0.356 e. The first-order valence-electron chi connectivity index (χ1n) is 11.3. The first-order valence-corrected chi connectivity index (χ1v) is 11.3. The van der Waals surface area contributed by atoms with Crippen molar-refractivity contribution in [1.29, 1.82) is 0 Å². The fourth-order valence-corrected chi connectivity index (χ4v) is 4.13. The number of hydrogen-bond acceptors (Lipinski definition) is 4. The Labute approximate surface area is 171 Å². The minimum absolute atomic E-state index is 0.149. The second-order valence-corrected chi connectivity index (χ2v) is 8.21. The zero-order valence-corrected chi connectivity index (χ0v) is 18.3. The lowest BCUT2D eigenvalue weighted by Crippen LogP contribution is -2.50. The number of nitrogens with one attached hydrogen (secondary N) is 3. The van der Waals surface area contributed by atoms with Crippen LogP contribution in [-0.2, 0) is 4.79 Å². The molecule has 0 aromatic carbocycles. The summed E-state index contributed by atoms with van der Waals surface area (Å²) in [5.74, 6) is 1.91. The molecule has 0 spiro atoms. The smallest absolute Gasteiger partial charge is 0.234 e. The van der Waals surface area contributed by atoms with Gasteiger partial charge in [0, 0.05) is 39.3 Å². The maximum Gasteiger partial charge on any atom is 0.234 e. The van der Waals surface area contributed by atoms with Gasteiger partial charge < -0.3 is 20.9 Å². The van der Waals surface area contributed by atoms with Crippen LogP contribution >= 0.6 is 0 Å². The second-order valence-electron chi connectivity index (χ2n) is 8.21. The molecule has 0 atom stereocenters. The Hall–Kier alpha value is -1.34. The first kappa shape index (κ1) is 22.9. The van der Waals surface area contributed by atoms with Crippen LogP contribution in [0.25, 0.3) is 0 Å². The van der Waals surface area contributed by atoms with Crippen molar-refractivity contribution in [3.05, 3.63) is 0 Å². The Morgan fingerprint density at radius 2 is 1.64 bits per heavy atom. The molecule has 2 rings (SSSR count). The van der Waals surface area contributed by atoms with Gasteiger partial charge >= 0.3 is 0 Å². The molecule has 2 aliphatic heterocycles. The number of rotatable bonds is 9. The molecule has 2 saturated heterocycles. The zero-order valence-electron chi connectivity index (χ0n) is 18.3. The van der Waals surface area contributed by atoms with Gasteiger partial charge in [0.25, 0.3) is 0 Å². The summed E-state index contributed by atoms with van der Waals surface area (Å²) in [6.07, 6.45) is 6.97. The van der Waals surface area contributed by atoms with E-state index < -0.39 is 0 Å². The third-order valence-corrected chi connectivity index (χ3v) is 6.09. The fourth-order valence-electron chi connectivity index (χ4n) is 4.13. The van der Waals surface area contributed by atoms with E-state index in [0.29, 0.717) is 12.6 Å². The average molecular weight is 395 g/mol. The summed E-state index contributed by atoms with van der Waals surface area (Å²) < 4.78 is 0. The topological polar surface area (TPSA) is 72.0 Å². The lowest BCUT2D eigenvalue weighted by molar-refractivity contribution is -0.122. The molecular weight excluding hydrogens is 352 g/mol. The van der Waals surface area contributed by atoms with Crippen LogP contribution in [0.2, 0.25) is 0 Å². The summed E-state index contributed by atoms with van der Waals surface area (Å²) in [4.78, 5) is 21.1. The molecule has 28 heavy (non-hydrogen) atoms. The number of aliphatic imine (C=N–C) groups is 1. The molecule has 162 valence electrons. The highest BCUT2D eigenvalue weighted by atomic mass is 16.2. The van der Waals surface area contributed by atoms with Gasteiger partial charge in [0.15, 0.2) is 5.96 Å². The summed E-state index contributed by atoms with van der Waals surface area (Å²) in [6, 6.07) is 0.439. The summed E-state index contributed by atoms with van der Waals surface area (Å²) >= 11 is 0. The van der Waals surface area contributed by atoms with Crippen LogP contribution in [0.1, 0.15) is 52.4 Å². The van der Waals surface area contributed by atoms with Crippen LogP contribution in [0.5, 0.6) is 0 Å². The fraction of sp³-hybridized carbons (Fsp3) is 0.905. The van der Waals surface area contributed by atoms with Gasteiger partial charge in [-0.25, -0.2) is 0 Å². The normalized spacial score (nSPS) is 20.9. The standard InChI is InChI=1S/C21H42N6O/c1-4-11-23-20(28)17-27-15-9-19(10-16-27)25-21(22-3)24-12-6-18-7-13-26(5-2)14-8-18/h18-19H,4-17H2,1-3H3,(H,23,28)(H2,22,24,25). The van der Waals surface area contributed by atoms with Crippen molar-refractivity contribution >= 4 is 11.9 Å². The number of piperidine rings is 2. The molecule has 0 bridgehead atoms. The van der Waals surface area contributed by atoms with Crippen LogP contribution in [0.15, 0.2) is 4.99 Å². The van der Waals surface area contributed by atoms with Crippen molar-refractivity contribution in [1.82, 2.24) is 25.8 Å². The van der Waals surface area contributed by atoms with Gasteiger partial charge in [0.1, 0.15) is 0 Å². The van der Waals surface area contributed by atoms with Gasteiger partial charge in [0.2, 0.25) is 5.91 Å². The molecule has 0 unspecified atom stereocenters. The number of carbonyl (C=O) groups excluding carboxylic acids is 1. The van der Waals surface area contributed by atoms with E-state index in [0.717, 1.165) is 57.3 Å². The predicted molar refractivity (Wildman–Crippen MR) is 117 cm³/mol. The van der Waals surface area contributed by atoms with E-state index in [1.54, 1.807) is 0 Å². The van der Waals surface area contributed by atoms with Gasteiger partial charge in [-0.1, -0.05) is 13.8 Å². The molecule has 1 amide bonds. The SMILES string of the molecule is CCCNC(=O)CN1CCC(NC(=NC)NCCC2CCN(CC)CC2)CC1. The third kappa shape index (κ3) is 8.35. The number of amides is 1. The predicted octanol–water partition coefficient (Wildman–Crippen LogP) is 1.26. The molecule has 0 saturated carbocycles. The van der Waals surface area contributed by atoms with E-state index >= 15 is 0 Å². The third-order valence-electron chi connectivity index (χ3n) is 6.09. The van der Waals surface area contributed by atoms with Gasteiger partial charge in [-0.2, -0.15) is 0 Å². The lowest BCUT2D eigenvalue weighted by atomic mass is 9.93. The zero-order chi connectivity index (χ0) is 20.2. The number of hydrogen-bond donors (Lipinski definition) is 3. The van der Waals surface area contributed by atoms with Crippen LogP contribution in [0.4, 0.5) is 0 Å². The van der Waals surface area contributed by atoms with Crippen molar-refractivity contribution in [3.63, 3.8) is 0 Å². The van der Waals surface area contributed by atoms with Gasteiger partial charge in [-0.15, -0.1) is 0 Å². The number of nitrogens with zero attached hydrogens (tertiary/aromatic N) is 3. The minimum Gasteiger partial charge on any atom is -0.356 e. The summed E-state index contributed by atoms with van der Waals surface area (Å²) in [5.41, 5.74) is 0. The quantitative estimate of drug-likeness (QED) is 0.406. The van der Waals surface area contributed by atoms with Crippen molar-refractivity contribution in [2.45, 2.75) is 58.4 Å². The molecule has 0 aliphatic carbocycles. The Morgan fingerprint density at radius 3 is 2.25 bits per heavy atom. The molecule has 2 aliphatic rings. The molecule has 0 aromatic heterocycles. The Balaban J connectivity index is 1.59. The molecular formula is C21H42N6O. The van der Waals surface area contributed by atoms with E-state index in [1.807, 2.05) is 7.05 Å². The maximum absolute atomic E-state index is 11.9. The monoisotopic (exact) mass is 394 g/mol. The molecule has 2 fully saturated rings. The Kier molecular flexibility index (Phi) is 10.6. The van der Waals surface area contributed by atoms with Crippen LogP contribution in [-0.4, -0.2) is 87.1 Å². The minimum atomic E-state index is 0.149. The van der Waals surface area contributed by atoms with E-state index in [-0.39, 0.29) is 5.91 Å². The van der Waals surface area contributed by atoms with Crippen molar-refractivity contribution in [3.8, 4) is 0 Å². The number of carbonyl (C=O) groups is 1. The van der Waals surface area contributed by atoms with Crippen LogP contribution in [0.3, 0.4) is 0 Å².